The smallest absolute Gasteiger partial charge is 0.315 e. The summed E-state index contributed by atoms with van der Waals surface area (Å²) in [4.78, 5) is 25.5. The van der Waals surface area contributed by atoms with Crippen molar-refractivity contribution in [1.29, 1.82) is 0 Å². The summed E-state index contributed by atoms with van der Waals surface area (Å²) in [5.74, 6) is 0.135. The number of carbonyl (C=O) groups is 2. The van der Waals surface area contributed by atoms with E-state index >= 15 is 0 Å². The molecule has 0 saturated carbocycles. The van der Waals surface area contributed by atoms with Crippen LogP contribution in [0.25, 0.3) is 5.69 Å². The highest BCUT2D eigenvalue weighted by Gasteiger charge is 2.26. The number of likely N-dealkylation sites (tertiary alicyclic amines) is 1. The Morgan fingerprint density at radius 3 is 2.80 bits per heavy atom. The zero-order valence-corrected chi connectivity index (χ0v) is 14.3. The van der Waals surface area contributed by atoms with Crippen LogP contribution in [0.3, 0.4) is 0 Å². The Morgan fingerprint density at radius 2 is 2.04 bits per heavy atom. The van der Waals surface area contributed by atoms with Gasteiger partial charge in [0, 0.05) is 31.7 Å². The Bertz CT molecular complexity index is 728. The van der Waals surface area contributed by atoms with Crippen molar-refractivity contribution >= 4 is 11.9 Å². The molecule has 3 amide bonds. The number of aromatic nitrogens is 2. The van der Waals surface area contributed by atoms with E-state index in [9.17, 15) is 9.59 Å². The molecule has 0 radical (unpaired) electrons. The zero-order valence-electron chi connectivity index (χ0n) is 14.3. The predicted molar refractivity (Wildman–Crippen MR) is 94.2 cm³/mol. The van der Waals surface area contributed by atoms with Gasteiger partial charge in [0.25, 0.3) is 0 Å². The van der Waals surface area contributed by atoms with Crippen molar-refractivity contribution in [3.05, 3.63) is 48.3 Å². The molecule has 1 fully saturated rings. The number of nitrogens with zero attached hydrogens (tertiary/aromatic N) is 3. The van der Waals surface area contributed by atoms with Crippen LogP contribution in [0.2, 0.25) is 0 Å². The van der Waals surface area contributed by atoms with Gasteiger partial charge in [0.05, 0.1) is 17.9 Å². The third-order valence-corrected chi connectivity index (χ3v) is 4.27. The third-order valence-electron chi connectivity index (χ3n) is 4.27. The van der Waals surface area contributed by atoms with Crippen molar-refractivity contribution in [1.82, 2.24) is 25.3 Å². The predicted octanol–water partition coefficient (Wildman–Crippen LogP) is 1.68. The van der Waals surface area contributed by atoms with Crippen LogP contribution in [0.1, 0.15) is 25.5 Å². The van der Waals surface area contributed by atoms with E-state index in [1.165, 1.54) is 0 Å². The van der Waals surface area contributed by atoms with E-state index in [4.69, 9.17) is 0 Å². The Hall–Kier alpha value is -2.83. The second-order valence-electron chi connectivity index (χ2n) is 6.09. The van der Waals surface area contributed by atoms with Crippen LogP contribution in [0.5, 0.6) is 0 Å². The van der Waals surface area contributed by atoms with Crippen LogP contribution in [0, 0.1) is 0 Å². The normalized spacial score (nSPS) is 16.7. The van der Waals surface area contributed by atoms with Gasteiger partial charge >= 0.3 is 6.03 Å². The Morgan fingerprint density at radius 1 is 1.24 bits per heavy atom. The largest absolute Gasteiger partial charge is 0.341 e. The first-order valence-corrected chi connectivity index (χ1v) is 8.58. The second-order valence-corrected chi connectivity index (χ2v) is 6.09. The minimum atomic E-state index is -0.231. The van der Waals surface area contributed by atoms with Gasteiger partial charge in [-0.1, -0.05) is 25.1 Å². The van der Waals surface area contributed by atoms with Crippen molar-refractivity contribution in [3.8, 4) is 5.69 Å². The van der Waals surface area contributed by atoms with E-state index in [-0.39, 0.29) is 18.0 Å². The first-order chi connectivity index (χ1) is 12.2. The second kappa shape index (κ2) is 7.83. The molecule has 7 nitrogen and oxygen atoms in total. The van der Waals surface area contributed by atoms with E-state index in [0.717, 1.165) is 17.8 Å². The monoisotopic (exact) mass is 341 g/mol. The molecule has 1 aromatic carbocycles. The van der Waals surface area contributed by atoms with Crippen molar-refractivity contribution < 1.29 is 9.59 Å². The van der Waals surface area contributed by atoms with Crippen LogP contribution in [0.15, 0.2) is 42.6 Å². The maximum absolute atomic E-state index is 12.0. The van der Waals surface area contributed by atoms with Gasteiger partial charge in [-0.25, -0.2) is 9.48 Å². The first-order valence-electron chi connectivity index (χ1n) is 8.58. The van der Waals surface area contributed by atoms with E-state index in [1.54, 1.807) is 9.58 Å². The lowest BCUT2D eigenvalue weighted by atomic mass is 10.3. The van der Waals surface area contributed by atoms with Gasteiger partial charge in [-0.2, -0.15) is 5.10 Å². The number of amides is 3. The molecule has 0 bridgehead atoms. The summed E-state index contributed by atoms with van der Waals surface area (Å²) >= 11 is 0. The number of hydrogen-bond acceptors (Lipinski definition) is 3. The maximum Gasteiger partial charge on any atom is 0.315 e. The summed E-state index contributed by atoms with van der Waals surface area (Å²) in [6.07, 6.45) is 3.17. The molecule has 25 heavy (non-hydrogen) atoms. The van der Waals surface area contributed by atoms with Crippen molar-refractivity contribution in [2.45, 2.75) is 32.4 Å². The van der Waals surface area contributed by atoms with Gasteiger partial charge in [-0.15, -0.1) is 0 Å². The molecular formula is C18H23N5O2. The lowest BCUT2D eigenvalue weighted by molar-refractivity contribution is -0.129. The molecule has 1 aliphatic heterocycles. The Balaban J connectivity index is 1.45. The molecule has 132 valence electrons. The fourth-order valence-corrected chi connectivity index (χ4v) is 2.92. The number of hydrogen-bond donors (Lipinski definition) is 2. The molecule has 2 heterocycles. The van der Waals surface area contributed by atoms with Gasteiger partial charge in [-0.3, -0.25) is 4.79 Å². The average Bonchev–Trinajstić information content (AvgIpc) is 3.29. The quantitative estimate of drug-likeness (QED) is 0.868. The van der Waals surface area contributed by atoms with Crippen LogP contribution in [0.4, 0.5) is 4.79 Å². The molecule has 1 saturated heterocycles. The molecule has 1 atom stereocenters. The molecule has 3 rings (SSSR count). The number of urea groups is 1. The number of para-hydroxylation sites is 1. The molecule has 0 aliphatic carbocycles. The van der Waals surface area contributed by atoms with Gasteiger partial charge in [0.15, 0.2) is 0 Å². The van der Waals surface area contributed by atoms with Crippen LogP contribution < -0.4 is 10.6 Å². The number of nitrogens with one attached hydrogen (secondary N) is 2. The number of carbonyl (C=O) groups excluding carboxylic acids is 2. The summed E-state index contributed by atoms with van der Waals surface area (Å²) in [5, 5.41) is 10.2. The minimum absolute atomic E-state index is 0.0115. The minimum Gasteiger partial charge on any atom is -0.341 e. The summed E-state index contributed by atoms with van der Waals surface area (Å²) in [6, 6.07) is 11.5. The Kier molecular flexibility index (Phi) is 5.33. The van der Waals surface area contributed by atoms with E-state index in [0.29, 0.717) is 26.1 Å². The molecule has 1 aromatic heterocycles. The lowest BCUT2D eigenvalue weighted by Crippen LogP contribution is -2.43. The molecule has 2 N–H and O–H groups in total. The van der Waals surface area contributed by atoms with E-state index < -0.39 is 0 Å². The molecule has 1 aliphatic rings. The SMILES string of the molecule is CCC(=O)N1CC[C@H](NC(=O)NCc2ccn(-c3ccccc3)n2)C1. The van der Waals surface area contributed by atoms with Crippen molar-refractivity contribution in [3.63, 3.8) is 0 Å². The zero-order chi connectivity index (χ0) is 17.6. The van der Waals surface area contributed by atoms with Crippen LogP contribution in [-0.2, 0) is 11.3 Å². The van der Waals surface area contributed by atoms with Gasteiger partial charge < -0.3 is 15.5 Å². The summed E-state index contributed by atoms with van der Waals surface area (Å²) in [6.45, 7) is 3.50. The van der Waals surface area contributed by atoms with Crippen LogP contribution >= 0.6 is 0 Å². The maximum atomic E-state index is 12.0. The van der Waals surface area contributed by atoms with Crippen molar-refractivity contribution in [2.75, 3.05) is 13.1 Å². The lowest BCUT2D eigenvalue weighted by Gasteiger charge is -2.16. The Labute approximate surface area is 147 Å². The topological polar surface area (TPSA) is 79.3 Å². The molecule has 7 heteroatoms. The highest BCUT2D eigenvalue weighted by atomic mass is 16.2. The standard InChI is InChI=1S/C18H23N5O2/c1-2-17(24)22-10-8-15(13-22)20-18(25)19-12-14-9-11-23(21-14)16-6-4-3-5-7-16/h3-7,9,11,15H,2,8,10,12-13H2,1H3,(H2,19,20,25)/t15-/m0/s1. The highest BCUT2D eigenvalue weighted by Crippen LogP contribution is 2.10. The highest BCUT2D eigenvalue weighted by molar-refractivity contribution is 5.77. The molecular weight excluding hydrogens is 318 g/mol. The van der Waals surface area contributed by atoms with Gasteiger partial charge in [-0.05, 0) is 24.6 Å². The number of benzene rings is 1. The summed E-state index contributed by atoms with van der Waals surface area (Å²) < 4.78 is 1.78. The average molecular weight is 341 g/mol. The molecule has 2 aromatic rings. The van der Waals surface area contributed by atoms with E-state index in [2.05, 4.69) is 15.7 Å². The van der Waals surface area contributed by atoms with Crippen LogP contribution in [-0.4, -0.2) is 45.8 Å². The summed E-state index contributed by atoms with van der Waals surface area (Å²) in [5.41, 5.74) is 1.76. The number of rotatable bonds is 5. The van der Waals surface area contributed by atoms with Gasteiger partial charge in [0.1, 0.15) is 0 Å². The van der Waals surface area contributed by atoms with Crippen molar-refractivity contribution in [2.24, 2.45) is 0 Å². The molecule has 0 spiro atoms. The fraction of sp³-hybridized carbons (Fsp3) is 0.389. The third kappa shape index (κ3) is 4.37. The van der Waals surface area contributed by atoms with Gasteiger partial charge in [0.2, 0.25) is 5.91 Å². The summed E-state index contributed by atoms with van der Waals surface area (Å²) in [7, 11) is 0. The fourth-order valence-electron chi connectivity index (χ4n) is 2.92. The first kappa shape index (κ1) is 17.0. The molecule has 0 unspecified atom stereocenters. The van der Waals surface area contributed by atoms with E-state index in [1.807, 2.05) is 49.5 Å².